The first-order valence-electron chi connectivity index (χ1n) is 11.1. The van der Waals surface area contributed by atoms with Crippen LogP contribution in [0.4, 0.5) is 9.80 Å². The van der Waals surface area contributed by atoms with Gasteiger partial charge in [0, 0.05) is 47.1 Å². The average molecular weight is 484 g/mol. The molecule has 1 aliphatic rings. The highest BCUT2D eigenvalue weighted by atomic mass is 32.1. The summed E-state index contributed by atoms with van der Waals surface area (Å²) in [5, 5.41) is 6.17. The summed E-state index contributed by atoms with van der Waals surface area (Å²) in [6.45, 7) is 9.16. The minimum atomic E-state index is -0.247. The maximum Gasteiger partial charge on any atom is 0.409 e. The number of carbonyl (C=O) groups excluding carboxylic acids is 2. The summed E-state index contributed by atoms with van der Waals surface area (Å²) in [6.07, 6.45) is -0.247. The summed E-state index contributed by atoms with van der Waals surface area (Å²) in [5.74, 6) is -0.102. The summed E-state index contributed by atoms with van der Waals surface area (Å²) in [6, 6.07) is 13.5. The van der Waals surface area contributed by atoms with E-state index in [0.29, 0.717) is 25.3 Å². The molecule has 1 unspecified atom stereocenters. The van der Waals surface area contributed by atoms with Gasteiger partial charge in [0.1, 0.15) is 5.00 Å². The highest BCUT2D eigenvalue weighted by Crippen LogP contribution is 2.43. The van der Waals surface area contributed by atoms with E-state index >= 15 is 0 Å². The predicted molar refractivity (Wildman–Crippen MR) is 135 cm³/mol. The molecule has 1 saturated heterocycles. The van der Waals surface area contributed by atoms with E-state index in [-0.39, 0.29) is 18.0 Å². The molecule has 6 nitrogen and oxygen atoms in total. The molecule has 1 aliphatic heterocycles. The molecule has 3 aromatic rings. The number of thiophene rings is 2. The fraction of sp³-hybridized carbons (Fsp3) is 0.360. The first-order chi connectivity index (χ1) is 16.0. The molecule has 2 amide bonds. The quantitative estimate of drug-likeness (QED) is 0.500. The number of aryl methyl sites for hydroxylation is 1. The molecule has 33 heavy (non-hydrogen) atoms. The third-order valence-corrected chi connectivity index (χ3v) is 8.05. The maximum atomic E-state index is 13.0. The molecule has 1 aromatic carbocycles. The Morgan fingerprint density at radius 3 is 2.42 bits per heavy atom. The molecule has 0 saturated carbocycles. The second-order valence-electron chi connectivity index (χ2n) is 7.99. The molecular formula is C25H29N3O3S2. The summed E-state index contributed by atoms with van der Waals surface area (Å²) >= 11 is 3.35. The number of nitrogens with one attached hydrogen (secondary N) is 1. The average Bonchev–Trinajstić information content (AvgIpc) is 3.45. The van der Waals surface area contributed by atoms with Crippen LogP contribution in [0.5, 0.6) is 0 Å². The lowest BCUT2D eigenvalue weighted by molar-refractivity contribution is 0.0719. The third-order valence-electron chi connectivity index (χ3n) is 5.99. The zero-order chi connectivity index (χ0) is 23.4. The van der Waals surface area contributed by atoms with Gasteiger partial charge in [0.15, 0.2) is 0 Å². The number of amides is 2. The summed E-state index contributed by atoms with van der Waals surface area (Å²) < 4.78 is 5.19. The van der Waals surface area contributed by atoms with Gasteiger partial charge in [-0.15, -0.1) is 22.7 Å². The van der Waals surface area contributed by atoms with E-state index < -0.39 is 0 Å². The van der Waals surface area contributed by atoms with Crippen molar-refractivity contribution in [1.82, 2.24) is 9.80 Å². The van der Waals surface area contributed by atoms with Crippen molar-refractivity contribution >= 4 is 39.7 Å². The number of hydrogen-bond acceptors (Lipinski definition) is 6. The molecule has 0 radical (unpaired) electrons. The molecule has 4 rings (SSSR count). The van der Waals surface area contributed by atoms with Gasteiger partial charge in [0.05, 0.1) is 12.6 Å². The number of carbonyl (C=O) groups is 2. The van der Waals surface area contributed by atoms with Crippen LogP contribution >= 0.6 is 22.7 Å². The van der Waals surface area contributed by atoms with E-state index in [2.05, 4.69) is 41.6 Å². The topological polar surface area (TPSA) is 61.9 Å². The van der Waals surface area contributed by atoms with Crippen LogP contribution in [-0.2, 0) is 4.74 Å². The Morgan fingerprint density at radius 2 is 1.79 bits per heavy atom. The number of piperazine rings is 1. The zero-order valence-corrected chi connectivity index (χ0v) is 20.8. The van der Waals surface area contributed by atoms with Gasteiger partial charge in [0.25, 0.3) is 5.91 Å². The largest absolute Gasteiger partial charge is 0.450 e. The van der Waals surface area contributed by atoms with Crippen molar-refractivity contribution in [3.63, 3.8) is 0 Å². The Morgan fingerprint density at radius 1 is 1.06 bits per heavy atom. The van der Waals surface area contributed by atoms with E-state index in [4.69, 9.17) is 4.74 Å². The van der Waals surface area contributed by atoms with Crippen LogP contribution in [0, 0.1) is 13.8 Å². The lowest BCUT2D eigenvalue weighted by Gasteiger charge is -2.39. The Hall–Kier alpha value is -2.68. The standard InChI is InChI=1S/C25H29N3O3S2/c1-4-31-25(30)28-14-12-27(13-15-28)22(20-11-8-16-32-20)21-17(2)18(3)33-24(21)26-23(29)19-9-6-5-7-10-19/h5-11,16,22H,4,12-15H2,1-3H3,(H,26,29). The first-order valence-corrected chi connectivity index (χ1v) is 12.8. The van der Waals surface area contributed by atoms with Gasteiger partial charge in [0.2, 0.25) is 0 Å². The molecule has 0 bridgehead atoms. The Bertz CT molecular complexity index is 1090. The molecule has 174 valence electrons. The minimum Gasteiger partial charge on any atom is -0.450 e. The summed E-state index contributed by atoms with van der Waals surface area (Å²) in [5.41, 5.74) is 2.99. The van der Waals surface area contributed by atoms with Crippen molar-refractivity contribution in [2.75, 3.05) is 38.1 Å². The van der Waals surface area contributed by atoms with E-state index in [1.807, 2.05) is 37.3 Å². The van der Waals surface area contributed by atoms with Gasteiger partial charge in [-0.2, -0.15) is 0 Å². The van der Waals surface area contributed by atoms with Crippen molar-refractivity contribution in [2.24, 2.45) is 0 Å². The van der Waals surface area contributed by atoms with Crippen molar-refractivity contribution in [3.8, 4) is 0 Å². The third kappa shape index (κ3) is 5.13. The van der Waals surface area contributed by atoms with Crippen LogP contribution in [-0.4, -0.2) is 54.6 Å². The molecule has 3 heterocycles. The molecule has 0 spiro atoms. The Kier molecular flexibility index (Phi) is 7.47. The highest BCUT2D eigenvalue weighted by molar-refractivity contribution is 7.16. The smallest absolute Gasteiger partial charge is 0.409 e. The van der Waals surface area contributed by atoms with E-state index in [1.54, 1.807) is 27.6 Å². The van der Waals surface area contributed by atoms with Gasteiger partial charge in [-0.05, 0) is 49.9 Å². The van der Waals surface area contributed by atoms with Gasteiger partial charge >= 0.3 is 6.09 Å². The SMILES string of the molecule is CCOC(=O)N1CCN(C(c2cccs2)c2c(NC(=O)c3ccccc3)sc(C)c2C)CC1. The lowest BCUT2D eigenvalue weighted by Crippen LogP contribution is -2.50. The van der Waals surface area contributed by atoms with Crippen molar-refractivity contribution < 1.29 is 14.3 Å². The van der Waals surface area contributed by atoms with E-state index in [0.717, 1.165) is 23.7 Å². The van der Waals surface area contributed by atoms with E-state index in [9.17, 15) is 9.59 Å². The second-order valence-corrected chi connectivity index (χ2v) is 10.2. The van der Waals surface area contributed by atoms with Crippen LogP contribution in [0.15, 0.2) is 47.8 Å². The molecule has 8 heteroatoms. The van der Waals surface area contributed by atoms with Crippen LogP contribution in [0.25, 0.3) is 0 Å². The van der Waals surface area contributed by atoms with Crippen LogP contribution in [0.2, 0.25) is 0 Å². The molecular weight excluding hydrogens is 454 g/mol. The Balaban J connectivity index is 1.64. The number of nitrogens with zero attached hydrogens (tertiary/aromatic N) is 2. The van der Waals surface area contributed by atoms with Gasteiger partial charge in [-0.3, -0.25) is 9.69 Å². The predicted octanol–water partition coefficient (Wildman–Crippen LogP) is 5.54. The fourth-order valence-electron chi connectivity index (χ4n) is 4.16. The van der Waals surface area contributed by atoms with Crippen molar-refractivity contribution in [2.45, 2.75) is 26.8 Å². The molecule has 1 N–H and O–H groups in total. The van der Waals surface area contributed by atoms with Crippen LogP contribution in [0.1, 0.15) is 44.2 Å². The second kappa shape index (κ2) is 10.5. The molecule has 2 aromatic heterocycles. The van der Waals surface area contributed by atoms with Gasteiger partial charge in [-0.25, -0.2) is 4.79 Å². The van der Waals surface area contributed by atoms with E-state index in [1.165, 1.54) is 15.3 Å². The highest BCUT2D eigenvalue weighted by Gasteiger charge is 2.33. The number of ether oxygens (including phenoxy) is 1. The maximum absolute atomic E-state index is 13.0. The molecule has 1 fully saturated rings. The normalized spacial score (nSPS) is 15.3. The summed E-state index contributed by atoms with van der Waals surface area (Å²) in [4.78, 5) is 31.8. The lowest BCUT2D eigenvalue weighted by atomic mass is 9.99. The van der Waals surface area contributed by atoms with Crippen LogP contribution < -0.4 is 5.32 Å². The van der Waals surface area contributed by atoms with Crippen molar-refractivity contribution in [3.05, 3.63) is 74.3 Å². The van der Waals surface area contributed by atoms with Gasteiger partial charge < -0.3 is 15.0 Å². The van der Waals surface area contributed by atoms with Gasteiger partial charge in [-0.1, -0.05) is 24.3 Å². The minimum absolute atomic E-state index is 0.0189. The Labute approximate surface area is 202 Å². The van der Waals surface area contributed by atoms with Crippen LogP contribution in [0.3, 0.4) is 0 Å². The fourth-order valence-corrected chi connectivity index (χ4v) is 6.12. The molecule has 1 atom stereocenters. The summed E-state index contributed by atoms with van der Waals surface area (Å²) in [7, 11) is 0. The number of hydrogen-bond donors (Lipinski definition) is 1. The monoisotopic (exact) mass is 483 g/mol. The van der Waals surface area contributed by atoms with Crippen molar-refractivity contribution in [1.29, 1.82) is 0 Å². The number of rotatable bonds is 6. The number of anilines is 1. The molecule has 0 aliphatic carbocycles. The first kappa shape index (κ1) is 23.5. The zero-order valence-electron chi connectivity index (χ0n) is 19.2. The number of benzene rings is 1.